The van der Waals surface area contributed by atoms with Gasteiger partial charge in [-0.3, -0.25) is 14.5 Å². The van der Waals surface area contributed by atoms with Crippen molar-refractivity contribution in [3.8, 4) is 6.07 Å². The second-order valence-electron chi connectivity index (χ2n) is 9.37. The lowest BCUT2D eigenvalue weighted by molar-refractivity contribution is -0.137. The van der Waals surface area contributed by atoms with Crippen LogP contribution in [0, 0.1) is 17.1 Å². The van der Waals surface area contributed by atoms with Crippen LogP contribution in [-0.4, -0.2) is 47.7 Å². The minimum atomic E-state index is -4.85. The van der Waals surface area contributed by atoms with Crippen LogP contribution in [0.3, 0.4) is 0 Å². The molecule has 0 radical (unpaired) electrons. The molecule has 0 aliphatic carbocycles. The Labute approximate surface area is 238 Å². The van der Waals surface area contributed by atoms with E-state index in [1.165, 1.54) is 55.8 Å². The van der Waals surface area contributed by atoms with E-state index in [4.69, 9.17) is 27.0 Å². The number of rotatable bonds is 9. The molecule has 3 rings (SSSR count). The first-order chi connectivity index (χ1) is 19.2. The number of ether oxygens (including phenoxy) is 2. The molecule has 41 heavy (non-hydrogen) atoms. The van der Waals surface area contributed by atoms with Gasteiger partial charge in [0.15, 0.2) is 28.5 Å². The van der Waals surface area contributed by atoms with Crippen LogP contribution in [-0.2, 0) is 32.3 Å². The van der Waals surface area contributed by atoms with Crippen LogP contribution in [0.1, 0.15) is 38.3 Å². The SMILES string of the molecule is CCC(/N=c1/c(F)cc(N2C(=S)N(c3ccc(C#N)c(C(F)(F)F)c3)C(=O)C2(C)C)cn1C)=C(/C=O)OCCOC. The molecule has 0 bridgehead atoms. The van der Waals surface area contributed by atoms with Crippen molar-refractivity contribution < 1.29 is 36.6 Å². The molecule has 1 fully saturated rings. The lowest BCUT2D eigenvalue weighted by atomic mass is 10.0. The largest absolute Gasteiger partial charge is 0.486 e. The van der Waals surface area contributed by atoms with Gasteiger partial charge in [-0.05, 0) is 50.7 Å². The molecule has 0 N–H and O–H groups in total. The second kappa shape index (κ2) is 12.2. The van der Waals surface area contributed by atoms with E-state index in [0.29, 0.717) is 12.4 Å². The molecular weight excluding hydrogens is 566 g/mol. The topological polar surface area (TPSA) is 100 Å². The van der Waals surface area contributed by atoms with Crippen LogP contribution in [0.25, 0.3) is 0 Å². The molecule has 14 heteroatoms. The van der Waals surface area contributed by atoms with Crippen LogP contribution < -0.4 is 15.3 Å². The van der Waals surface area contributed by atoms with Gasteiger partial charge in [0.05, 0.1) is 40.9 Å². The van der Waals surface area contributed by atoms with Gasteiger partial charge in [0, 0.05) is 26.4 Å². The average Bonchev–Trinajstić information content (AvgIpc) is 3.08. The Morgan fingerprint density at radius 1 is 1.22 bits per heavy atom. The Balaban J connectivity index is 2.10. The summed E-state index contributed by atoms with van der Waals surface area (Å²) in [4.78, 5) is 31.5. The third kappa shape index (κ3) is 6.15. The predicted octanol–water partition coefficient (Wildman–Crippen LogP) is 4.36. The molecule has 0 atom stereocenters. The minimum Gasteiger partial charge on any atom is -0.486 e. The first-order valence-electron chi connectivity index (χ1n) is 12.2. The first-order valence-corrected chi connectivity index (χ1v) is 12.6. The maximum atomic E-state index is 15.5. The average molecular weight is 594 g/mol. The Kier molecular flexibility index (Phi) is 9.35. The smallest absolute Gasteiger partial charge is 0.417 e. The van der Waals surface area contributed by atoms with Crippen molar-refractivity contribution in [2.75, 3.05) is 30.1 Å². The van der Waals surface area contributed by atoms with Gasteiger partial charge in [-0.1, -0.05) is 6.92 Å². The summed E-state index contributed by atoms with van der Waals surface area (Å²) in [7, 11) is 2.97. The second-order valence-corrected chi connectivity index (χ2v) is 9.74. The number of methoxy groups -OCH3 is 1. The summed E-state index contributed by atoms with van der Waals surface area (Å²) in [5.74, 6) is -1.55. The maximum Gasteiger partial charge on any atom is 0.417 e. The number of allylic oxidation sites excluding steroid dienone is 2. The summed E-state index contributed by atoms with van der Waals surface area (Å²) in [6, 6.07) is 5.42. The van der Waals surface area contributed by atoms with Gasteiger partial charge < -0.3 is 18.9 Å². The van der Waals surface area contributed by atoms with Gasteiger partial charge in [-0.2, -0.15) is 18.4 Å². The highest BCUT2D eigenvalue weighted by Crippen LogP contribution is 2.39. The number of carbonyl (C=O) groups is 2. The highest BCUT2D eigenvalue weighted by Gasteiger charge is 2.51. The zero-order valence-corrected chi connectivity index (χ0v) is 23.7. The zero-order valence-electron chi connectivity index (χ0n) is 22.9. The summed E-state index contributed by atoms with van der Waals surface area (Å²) < 4.78 is 67.9. The number of aryl methyl sites for hydroxylation is 1. The monoisotopic (exact) mass is 593 g/mol. The fraction of sp³-hybridized carbons (Fsp3) is 0.370. The van der Waals surface area contributed by atoms with E-state index in [1.807, 2.05) is 0 Å². The number of aldehydes is 1. The highest BCUT2D eigenvalue weighted by atomic mass is 32.1. The molecule has 0 saturated carbocycles. The number of thiocarbonyl (C=S) groups is 1. The van der Waals surface area contributed by atoms with E-state index < -0.39 is 34.6 Å². The molecule has 0 unspecified atom stereocenters. The van der Waals surface area contributed by atoms with Crippen molar-refractivity contribution in [2.45, 2.75) is 38.9 Å². The van der Waals surface area contributed by atoms with Crippen molar-refractivity contribution in [1.82, 2.24) is 4.57 Å². The number of nitrogens with zero attached hydrogens (tertiary/aromatic N) is 5. The van der Waals surface area contributed by atoms with Crippen molar-refractivity contribution in [1.29, 1.82) is 5.26 Å². The van der Waals surface area contributed by atoms with Gasteiger partial charge in [0.25, 0.3) is 5.91 Å². The Morgan fingerprint density at radius 3 is 2.44 bits per heavy atom. The van der Waals surface area contributed by atoms with E-state index in [1.54, 1.807) is 6.92 Å². The standard InChI is InChI=1S/C27H27F4N5O4S/c1-6-21(22(15-37)40-10-9-39-5)33-23-20(28)12-18(14-34(23)4)36-25(41)35(24(38)26(36,2)3)17-8-7-16(13-32)19(11-17)27(29,30)31/h7-8,11-12,14-15H,6,9-10H2,1-5H3/b22-21+,33-23-. The van der Waals surface area contributed by atoms with Gasteiger partial charge in [-0.15, -0.1) is 0 Å². The van der Waals surface area contributed by atoms with E-state index in [-0.39, 0.29) is 53.1 Å². The fourth-order valence-corrected chi connectivity index (χ4v) is 4.75. The van der Waals surface area contributed by atoms with Gasteiger partial charge >= 0.3 is 6.18 Å². The van der Waals surface area contributed by atoms with E-state index >= 15 is 4.39 Å². The van der Waals surface area contributed by atoms with Crippen LogP contribution in [0.4, 0.5) is 28.9 Å². The summed E-state index contributed by atoms with van der Waals surface area (Å²) in [6.07, 6.45) is -2.67. The molecule has 1 saturated heterocycles. The summed E-state index contributed by atoms with van der Waals surface area (Å²) in [6.45, 7) is 5.03. The molecular formula is C27H27F4N5O4S. The van der Waals surface area contributed by atoms with Crippen molar-refractivity contribution in [2.24, 2.45) is 12.0 Å². The third-order valence-corrected chi connectivity index (χ3v) is 6.64. The Hall–Kier alpha value is -4.09. The molecule has 1 amide bonds. The van der Waals surface area contributed by atoms with Crippen LogP contribution in [0.2, 0.25) is 0 Å². The molecule has 1 aromatic heterocycles. The van der Waals surface area contributed by atoms with Crippen molar-refractivity contribution in [3.05, 3.63) is 64.4 Å². The Morgan fingerprint density at radius 2 is 1.90 bits per heavy atom. The molecule has 1 aliphatic rings. The van der Waals surface area contributed by atoms with Crippen LogP contribution in [0.15, 0.2) is 46.9 Å². The lowest BCUT2D eigenvalue weighted by Crippen LogP contribution is -2.45. The number of halogens is 4. The lowest BCUT2D eigenvalue weighted by Gasteiger charge is -2.29. The fourth-order valence-electron chi connectivity index (χ4n) is 4.23. The summed E-state index contributed by atoms with van der Waals surface area (Å²) in [5, 5.41) is 8.92. The number of nitriles is 1. The molecule has 1 aliphatic heterocycles. The maximum absolute atomic E-state index is 15.5. The quantitative estimate of drug-likeness (QED) is 0.106. The zero-order chi connectivity index (χ0) is 30.7. The number of hydrogen-bond donors (Lipinski definition) is 0. The van der Waals surface area contributed by atoms with Crippen LogP contribution >= 0.6 is 12.2 Å². The number of hydrogen-bond acceptors (Lipinski definition) is 7. The van der Waals surface area contributed by atoms with E-state index in [0.717, 1.165) is 17.0 Å². The normalized spacial score (nSPS) is 16.1. The van der Waals surface area contributed by atoms with Gasteiger partial charge in [0.2, 0.25) is 0 Å². The molecule has 9 nitrogen and oxygen atoms in total. The van der Waals surface area contributed by atoms with Crippen LogP contribution in [0.5, 0.6) is 0 Å². The molecule has 218 valence electrons. The number of pyridine rings is 1. The van der Waals surface area contributed by atoms with E-state index in [2.05, 4.69) is 4.99 Å². The van der Waals surface area contributed by atoms with Gasteiger partial charge in [0.1, 0.15) is 12.1 Å². The van der Waals surface area contributed by atoms with Crippen molar-refractivity contribution in [3.63, 3.8) is 0 Å². The number of benzene rings is 1. The first kappa shape index (κ1) is 31.4. The molecule has 2 aromatic rings. The third-order valence-electron chi connectivity index (χ3n) is 6.27. The molecule has 1 aromatic carbocycles. The minimum absolute atomic E-state index is 0.0724. The summed E-state index contributed by atoms with van der Waals surface area (Å²) >= 11 is 5.51. The van der Waals surface area contributed by atoms with Gasteiger partial charge in [-0.25, -0.2) is 9.38 Å². The predicted molar refractivity (Wildman–Crippen MR) is 145 cm³/mol. The summed E-state index contributed by atoms with van der Waals surface area (Å²) in [5.41, 5.74) is -3.25. The number of alkyl halides is 3. The van der Waals surface area contributed by atoms with E-state index in [9.17, 15) is 22.8 Å². The molecule has 0 spiro atoms. The number of amides is 1. The number of carbonyl (C=O) groups excluding carboxylic acids is 2. The number of aromatic nitrogens is 1. The molecule has 2 heterocycles. The number of anilines is 2. The highest BCUT2D eigenvalue weighted by molar-refractivity contribution is 7.81. The van der Waals surface area contributed by atoms with Crippen molar-refractivity contribution >= 4 is 40.9 Å². The Bertz CT molecular complexity index is 1500.